The maximum atomic E-state index is 13.5. The fourth-order valence-corrected chi connectivity index (χ4v) is 1.77. The summed E-state index contributed by atoms with van der Waals surface area (Å²) in [7, 11) is 1.21. The van der Waals surface area contributed by atoms with E-state index < -0.39 is 17.8 Å². The van der Waals surface area contributed by atoms with Crippen molar-refractivity contribution in [3.05, 3.63) is 33.6 Å². The summed E-state index contributed by atoms with van der Waals surface area (Å²) in [5.74, 6) is -1.24. The molecule has 0 amide bonds. The summed E-state index contributed by atoms with van der Waals surface area (Å²) in [5.41, 5.74) is 5.69. The number of carbonyl (C=O) groups is 1. The minimum atomic E-state index is -0.936. The summed E-state index contributed by atoms with van der Waals surface area (Å²) < 4.78 is 17.9. The third-order valence-electron chi connectivity index (χ3n) is 2.01. The van der Waals surface area contributed by atoms with Crippen LogP contribution in [0.5, 0.6) is 0 Å². The Morgan fingerprint density at radius 3 is 2.75 bits per heavy atom. The van der Waals surface area contributed by atoms with E-state index in [0.717, 1.165) is 0 Å². The molecule has 88 valence electrons. The number of halogens is 3. The molecule has 0 aliphatic carbocycles. The first-order valence-electron chi connectivity index (χ1n) is 4.42. The van der Waals surface area contributed by atoms with Crippen molar-refractivity contribution < 1.29 is 13.9 Å². The first-order chi connectivity index (χ1) is 7.45. The molecule has 0 aliphatic heterocycles. The maximum Gasteiger partial charge on any atom is 0.322 e. The van der Waals surface area contributed by atoms with Crippen molar-refractivity contribution in [2.45, 2.75) is 12.5 Å². The van der Waals surface area contributed by atoms with Crippen LogP contribution in [0.2, 0.25) is 10.0 Å². The molecular weight excluding hydrogens is 256 g/mol. The molecule has 0 saturated heterocycles. The van der Waals surface area contributed by atoms with Crippen LogP contribution in [0.3, 0.4) is 0 Å². The number of ether oxygens (including phenoxy) is 1. The van der Waals surface area contributed by atoms with Gasteiger partial charge in [-0.2, -0.15) is 0 Å². The monoisotopic (exact) mass is 265 g/mol. The molecule has 2 N–H and O–H groups in total. The summed E-state index contributed by atoms with van der Waals surface area (Å²) >= 11 is 11.3. The fraction of sp³-hybridized carbons (Fsp3) is 0.300. The van der Waals surface area contributed by atoms with Crippen LogP contribution < -0.4 is 5.73 Å². The molecule has 0 aromatic heterocycles. The van der Waals surface area contributed by atoms with Crippen molar-refractivity contribution in [2.75, 3.05) is 7.11 Å². The Bertz CT molecular complexity index is 412. The van der Waals surface area contributed by atoms with Gasteiger partial charge in [0.05, 0.1) is 12.1 Å². The SMILES string of the molecule is COC(=O)[C@@H](N)Cc1cc(Cl)cc(Cl)c1F. The molecule has 0 radical (unpaired) electrons. The fourth-order valence-electron chi connectivity index (χ4n) is 1.23. The summed E-state index contributed by atoms with van der Waals surface area (Å²) in [5, 5.41) is 0.193. The van der Waals surface area contributed by atoms with Crippen LogP contribution in [-0.4, -0.2) is 19.1 Å². The van der Waals surface area contributed by atoms with E-state index in [0.29, 0.717) is 5.02 Å². The van der Waals surface area contributed by atoms with E-state index >= 15 is 0 Å². The van der Waals surface area contributed by atoms with Gasteiger partial charge in [0.1, 0.15) is 11.9 Å². The number of methoxy groups -OCH3 is 1. The largest absolute Gasteiger partial charge is 0.468 e. The van der Waals surface area contributed by atoms with E-state index in [9.17, 15) is 9.18 Å². The van der Waals surface area contributed by atoms with Crippen molar-refractivity contribution in [1.82, 2.24) is 0 Å². The van der Waals surface area contributed by atoms with Crippen molar-refractivity contribution in [1.29, 1.82) is 0 Å². The van der Waals surface area contributed by atoms with Crippen molar-refractivity contribution >= 4 is 29.2 Å². The van der Waals surface area contributed by atoms with Crippen molar-refractivity contribution in [3.8, 4) is 0 Å². The van der Waals surface area contributed by atoms with Gasteiger partial charge in [-0.1, -0.05) is 23.2 Å². The van der Waals surface area contributed by atoms with E-state index in [1.807, 2.05) is 0 Å². The molecule has 6 heteroatoms. The molecule has 16 heavy (non-hydrogen) atoms. The number of carbonyl (C=O) groups excluding carboxylic acids is 1. The standard InChI is InChI=1S/C10H10Cl2FNO2/c1-16-10(15)8(14)3-5-2-6(11)4-7(12)9(5)13/h2,4,8H,3,14H2,1H3/t8-/m0/s1. The predicted octanol–water partition coefficient (Wildman–Crippen LogP) is 2.18. The summed E-state index contributed by atoms with van der Waals surface area (Å²) in [6.45, 7) is 0. The molecule has 0 aliphatic rings. The molecule has 1 aromatic carbocycles. The Morgan fingerprint density at radius 2 is 2.19 bits per heavy atom. The van der Waals surface area contributed by atoms with E-state index in [-0.39, 0.29) is 17.0 Å². The van der Waals surface area contributed by atoms with Gasteiger partial charge in [0.15, 0.2) is 0 Å². The highest BCUT2D eigenvalue weighted by molar-refractivity contribution is 6.34. The van der Waals surface area contributed by atoms with Gasteiger partial charge in [-0.25, -0.2) is 4.39 Å². The highest BCUT2D eigenvalue weighted by Gasteiger charge is 2.18. The highest BCUT2D eigenvalue weighted by Crippen LogP contribution is 2.24. The zero-order valence-corrected chi connectivity index (χ0v) is 9.98. The van der Waals surface area contributed by atoms with Gasteiger partial charge >= 0.3 is 5.97 Å². The lowest BCUT2D eigenvalue weighted by Crippen LogP contribution is -2.33. The van der Waals surface area contributed by atoms with Gasteiger partial charge in [-0.05, 0) is 17.7 Å². The quantitative estimate of drug-likeness (QED) is 0.673. The van der Waals surface area contributed by atoms with Crippen molar-refractivity contribution in [2.24, 2.45) is 5.73 Å². The van der Waals surface area contributed by atoms with E-state index in [2.05, 4.69) is 4.74 Å². The second kappa shape index (κ2) is 5.48. The van der Waals surface area contributed by atoms with Crippen LogP contribution in [0.4, 0.5) is 4.39 Å². The number of benzene rings is 1. The number of rotatable bonds is 3. The van der Waals surface area contributed by atoms with E-state index in [4.69, 9.17) is 28.9 Å². The number of nitrogens with two attached hydrogens (primary N) is 1. The Morgan fingerprint density at radius 1 is 1.56 bits per heavy atom. The third-order valence-corrected chi connectivity index (χ3v) is 2.51. The van der Waals surface area contributed by atoms with Crippen LogP contribution in [0.15, 0.2) is 12.1 Å². The Hall–Kier alpha value is -0.840. The summed E-state index contributed by atoms with van der Waals surface area (Å²) in [6.07, 6.45) is -0.0151. The molecule has 1 aromatic rings. The molecule has 3 nitrogen and oxygen atoms in total. The molecule has 0 saturated carbocycles. The van der Waals surface area contributed by atoms with Gasteiger partial charge in [0.25, 0.3) is 0 Å². The normalized spacial score (nSPS) is 12.3. The lowest BCUT2D eigenvalue weighted by molar-refractivity contribution is -0.142. The molecule has 0 spiro atoms. The minimum Gasteiger partial charge on any atom is -0.468 e. The van der Waals surface area contributed by atoms with Gasteiger partial charge in [0.2, 0.25) is 0 Å². The molecule has 1 atom stereocenters. The zero-order chi connectivity index (χ0) is 12.3. The topological polar surface area (TPSA) is 52.3 Å². The van der Waals surface area contributed by atoms with Gasteiger partial charge in [0, 0.05) is 11.4 Å². The van der Waals surface area contributed by atoms with Gasteiger partial charge in [-0.15, -0.1) is 0 Å². The number of hydrogen-bond donors (Lipinski definition) is 1. The van der Waals surface area contributed by atoms with Crippen LogP contribution >= 0.6 is 23.2 Å². The second-order valence-corrected chi connectivity index (χ2v) is 4.04. The first kappa shape index (κ1) is 13.2. The highest BCUT2D eigenvalue weighted by atomic mass is 35.5. The predicted molar refractivity (Wildman–Crippen MR) is 60.1 cm³/mol. The molecule has 0 heterocycles. The number of esters is 1. The lowest BCUT2D eigenvalue weighted by Gasteiger charge is -2.10. The minimum absolute atomic E-state index is 0.0151. The zero-order valence-electron chi connectivity index (χ0n) is 8.47. The van der Waals surface area contributed by atoms with Crippen molar-refractivity contribution in [3.63, 3.8) is 0 Å². The van der Waals surface area contributed by atoms with Crippen LogP contribution in [-0.2, 0) is 16.0 Å². The Kier molecular flexibility index (Phi) is 4.53. The Labute approximate surface area is 102 Å². The second-order valence-electron chi connectivity index (χ2n) is 3.19. The maximum absolute atomic E-state index is 13.5. The van der Waals surface area contributed by atoms with E-state index in [1.54, 1.807) is 0 Å². The smallest absolute Gasteiger partial charge is 0.322 e. The van der Waals surface area contributed by atoms with Crippen LogP contribution in [0.25, 0.3) is 0 Å². The average Bonchev–Trinajstić information content (AvgIpc) is 2.23. The summed E-state index contributed by atoms with van der Waals surface area (Å²) in [4.78, 5) is 11.1. The average molecular weight is 266 g/mol. The Balaban J connectivity index is 2.93. The molecule has 0 bridgehead atoms. The molecule has 0 unspecified atom stereocenters. The lowest BCUT2D eigenvalue weighted by atomic mass is 10.1. The third kappa shape index (κ3) is 3.07. The van der Waals surface area contributed by atoms with Gasteiger partial charge < -0.3 is 10.5 Å². The van der Waals surface area contributed by atoms with Gasteiger partial charge in [-0.3, -0.25) is 4.79 Å². The molecule has 1 rings (SSSR count). The molecule has 0 fully saturated rings. The summed E-state index contributed by atoms with van der Waals surface area (Å²) in [6, 6.07) is 1.73. The van der Waals surface area contributed by atoms with Crippen LogP contribution in [0, 0.1) is 5.82 Å². The molecular formula is C10H10Cl2FNO2. The number of hydrogen-bond acceptors (Lipinski definition) is 3. The van der Waals surface area contributed by atoms with Crippen LogP contribution in [0.1, 0.15) is 5.56 Å². The van der Waals surface area contributed by atoms with E-state index in [1.165, 1.54) is 19.2 Å². The first-order valence-corrected chi connectivity index (χ1v) is 5.18.